The SMILES string of the molecule is COC(=O)c1cccc(-c2ccc(NN=C(C#N)C#N)cc2)c1. The Balaban J connectivity index is 2.20. The number of nitrogens with one attached hydrogen (secondary N) is 1. The van der Waals surface area contributed by atoms with Gasteiger partial charge in [-0.3, -0.25) is 5.43 Å². The molecule has 0 aliphatic rings. The van der Waals surface area contributed by atoms with E-state index >= 15 is 0 Å². The van der Waals surface area contributed by atoms with E-state index < -0.39 is 0 Å². The lowest BCUT2D eigenvalue weighted by Gasteiger charge is -2.06. The second-order valence-electron chi connectivity index (χ2n) is 4.45. The molecule has 0 amide bonds. The van der Waals surface area contributed by atoms with Gasteiger partial charge in [0.2, 0.25) is 5.71 Å². The summed E-state index contributed by atoms with van der Waals surface area (Å²) in [6.45, 7) is 0. The summed E-state index contributed by atoms with van der Waals surface area (Å²) >= 11 is 0. The number of nitriles is 2. The van der Waals surface area contributed by atoms with E-state index in [0.717, 1.165) is 11.1 Å². The Hall–Kier alpha value is -3.64. The number of nitrogens with zero attached hydrogens (tertiary/aromatic N) is 3. The van der Waals surface area contributed by atoms with Crippen molar-refractivity contribution >= 4 is 17.4 Å². The summed E-state index contributed by atoms with van der Waals surface area (Å²) in [6.07, 6.45) is 0. The van der Waals surface area contributed by atoms with Gasteiger partial charge in [-0.1, -0.05) is 24.3 Å². The first kappa shape index (κ1) is 15.7. The van der Waals surface area contributed by atoms with Gasteiger partial charge in [-0.2, -0.15) is 15.6 Å². The van der Waals surface area contributed by atoms with E-state index in [2.05, 4.69) is 10.5 Å². The first-order valence-electron chi connectivity index (χ1n) is 6.60. The summed E-state index contributed by atoms with van der Waals surface area (Å²) in [5, 5.41) is 20.9. The zero-order chi connectivity index (χ0) is 16.7. The Morgan fingerprint density at radius 2 is 1.78 bits per heavy atom. The van der Waals surface area contributed by atoms with E-state index in [1.807, 2.05) is 18.2 Å². The minimum absolute atomic E-state index is 0.250. The van der Waals surface area contributed by atoms with E-state index in [1.165, 1.54) is 7.11 Å². The van der Waals surface area contributed by atoms with E-state index in [0.29, 0.717) is 11.3 Å². The topological polar surface area (TPSA) is 98.3 Å². The molecule has 0 spiro atoms. The number of ether oxygens (including phenoxy) is 1. The van der Waals surface area contributed by atoms with Gasteiger partial charge in [0, 0.05) is 0 Å². The van der Waals surface area contributed by atoms with Crippen LogP contribution in [-0.2, 0) is 4.74 Å². The third kappa shape index (κ3) is 3.93. The lowest BCUT2D eigenvalue weighted by molar-refractivity contribution is 0.0601. The van der Waals surface area contributed by atoms with Gasteiger partial charge in [0.05, 0.1) is 18.4 Å². The van der Waals surface area contributed by atoms with Crippen molar-refractivity contribution in [3.05, 3.63) is 54.1 Å². The van der Waals surface area contributed by atoms with Crippen LogP contribution in [0.25, 0.3) is 11.1 Å². The molecular formula is C17H12N4O2. The summed E-state index contributed by atoms with van der Waals surface area (Å²) in [5.74, 6) is -0.389. The van der Waals surface area contributed by atoms with Crippen LogP contribution in [0.5, 0.6) is 0 Å². The average Bonchev–Trinajstić information content (AvgIpc) is 2.62. The predicted octanol–water partition coefficient (Wildman–Crippen LogP) is 2.96. The minimum Gasteiger partial charge on any atom is -0.465 e. The van der Waals surface area contributed by atoms with Crippen molar-refractivity contribution in [2.75, 3.05) is 12.5 Å². The molecule has 1 N–H and O–H groups in total. The number of carbonyl (C=O) groups excluding carboxylic acids is 1. The normalized spacial score (nSPS) is 9.17. The Morgan fingerprint density at radius 3 is 2.39 bits per heavy atom. The fourth-order valence-electron chi connectivity index (χ4n) is 1.88. The zero-order valence-corrected chi connectivity index (χ0v) is 12.3. The summed E-state index contributed by atoms with van der Waals surface area (Å²) in [4.78, 5) is 11.6. The van der Waals surface area contributed by atoms with Crippen LogP contribution in [0.1, 0.15) is 10.4 Å². The molecule has 0 aromatic heterocycles. The van der Waals surface area contributed by atoms with Crippen LogP contribution in [0.4, 0.5) is 5.69 Å². The molecular weight excluding hydrogens is 292 g/mol. The van der Waals surface area contributed by atoms with Gasteiger partial charge >= 0.3 is 5.97 Å². The number of benzene rings is 2. The molecule has 0 saturated heterocycles. The molecule has 0 aliphatic heterocycles. The predicted molar refractivity (Wildman–Crippen MR) is 85.5 cm³/mol. The van der Waals surface area contributed by atoms with E-state index in [-0.39, 0.29) is 11.7 Å². The van der Waals surface area contributed by atoms with Gasteiger partial charge < -0.3 is 4.74 Å². The highest BCUT2D eigenvalue weighted by Crippen LogP contribution is 2.22. The van der Waals surface area contributed by atoms with Crippen LogP contribution in [-0.4, -0.2) is 18.8 Å². The largest absolute Gasteiger partial charge is 0.465 e. The summed E-state index contributed by atoms with van der Waals surface area (Å²) in [5.41, 5.74) is 5.28. The van der Waals surface area contributed by atoms with Gasteiger partial charge in [0.1, 0.15) is 12.1 Å². The van der Waals surface area contributed by atoms with Crippen molar-refractivity contribution in [1.82, 2.24) is 0 Å². The van der Waals surface area contributed by atoms with Gasteiger partial charge in [0.25, 0.3) is 0 Å². The Labute approximate surface area is 133 Å². The molecule has 2 aromatic carbocycles. The molecule has 0 radical (unpaired) electrons. The van der Waals surface area contributed by atoms with Crippen molar-refractivity contribution in [3.63, 3.8) is 0 Å². The first-order valence-corrected chi connectivity index (χ1v) is 6.60. The summed E-state index contributed by atoms with van der Waals surface area (Å²) in [6, 6.07) is 17.6. The molecule has 0 fully saturated rings. The number of hydrogen-bond donors (Lipinski definition) is 1. The number of carbonyl (C=O) groups is 1. The standard InChI is InChI=1S/C17H12N4O2/c1-23-17(22)14-4-2-3-13(9-14)12-5-7-15(8-6-12)20-21-16(10-18)11-19/h2-9,20H,1H3. The summed E-state index contributed by atoms with van der Waals surface area (Å²) < 4.78 is 4.71. The lowest BCUT2D eigenvalue weighted by Crippen LogP contribution is -2.00. The smallest absolute Gasteiger partial charge is 0.337 e. The molecule has 0 heterocycles. The van der Waals surface area contributed by atoms with Crippen molar-refractivity contribution in [1.29, 1.82) is 10.5 Å². The van der Waals surface area contributed by atoms with Gasteiger partial charge in [-0.15, -0.1) is 0 Å². The maximum atomic E-state index is 11.6. The second kappa shape index (κ2) is 7.39. The minimum atomic E-state index is -0.389. The number of anilines is 1. The molecule has 0 aliphatic carbocycles. The quantitative estimate of drug-likeness (QED) is 0.532. The monoisotopic (exact) mass is 304 g/mol. The average molecular weight is 304 g/mol. The number of rotatable bonds is 4. The van der Waals surface area contributed by atoms with Crippen LogP contribution in [0.3, 0.4) is 0 Å². The van der Waals surface area contributed by atoms with Crippen molar-refractivity contribution in [2.45, 2.75) is 0 Å². The maximum absolute atomic E-state index is 11.6. The summed E-state index contributed by atoms with van der Waals surface area (Å²) in [7, 11) is 1.34. The molecule has 0 atom stereocenters. The van der Waals surface area contributed by atoms with Crippen molar-refractivity contribution in [2.24, 2.45) is 5.10 Å². The molecule has 112 valence electrons. The van der Waals surface area contributed by atoms with Gasteiger partial charge in [-0.05, 0) is 35.4 Å². The highest BCUT2D eigenvalue weighted by Gasteiger charge is 2.06. The third-order valence-corrected chi connectivity index (χ3v) is 3.01. The highest BCUT2D eigenvalue weighted by molar-refractivity contribution is 6.10. The maximum Gasteiger partial charge on any atom is 0.337 e. The second-order valence-corrected chi connectivity index (χ2v) is 4.45. The van der Waals surface area contributed by atoms with E-state index in [9.17, 15) is 4.79 Å². The molecule has 6 heteroatoms. The van der Waals surface area contributed by atoms with Gasteiger partial charge in [-0.25, -0.2) is 4.79 Å². The van der Waals surface area contributed by atoms with Crippen LogP contribution in [0.2, 0.25) is 0 Å². The first-order chi connectivity index (χ1) is 11.2. The fraction of sp³-hybridized carbons (Fsp3) is 0.0588. The lowest BCUT2D eigenvalue weighted by atomic mass is 10.0. The highest BCUT2D eigenvalue weighted by atomic mass is 16.5. The molecule has 23 heavy (non-hydrogen) atoms. The Kier molecular flexibility index (Phi) is 5.06. The van der Waals surface area contributed by atoms with Crippen LogP contribution in [0, 0.1) is 22.7 Å². The molecule has 0 saturated carbocycles. The van der Waals surface area contributed by atoms with Crippen LogP contribution >= 0.6 is 0 Å². The molecule has 2 aromatic rings. The van der Waals surface area contributed by atoms with Gasteiger partial charge in [0.15, 0.2) is 0 Å². The fourth-order valence-corrected chi connectivity index (χ4v) is 1.88. The third-order valence-electron chi connectivity index (χ3n) is 3.01. The zero-order valence-electron chi connectivity index (χ0n) is 12.3. The Morgan fingerprint density at radius 1 is 1.09 bits per heavy atom. The number of hydrogen-bond acceptors (Lipinski definition) is 6. The number of methoxy groups -OCH3 is 1. The molecule has 6 nitrogen and oxygen atoms in total. The van der Waals surface area contributed by atoms with Crippen LogP contribution in [0.15, 0.2) is 53.6 Å². The number of hydrazone groups is 1. The van der Waals surface area contributed by atoms with Crippen molar-refractivity contribution < 1.29 is 9.53 Å². The molecule has 2 rings (SSSR count). The van der Waals surface area contributed by atoms with Crippen molar-refractivity contribution in [3.8, 4) is 23.3 Å². The molecule has 0 bridgehead atoms. The van der Waals surface area contributed by atoms with E-state index in [1.54, 1.807) is 42.5 Å². The van der Waals surface area contributed by atoms with Crippen LogP contribution < -0.4 is 5.43 Å². The Bertz CT molecular complexity index is 811. The number of esters is 1. The molecule has 0 unspecified atom stereocenters. The van der Waals surface area contributed by atoms with E-state index in [4.69, 9.17) is 15.3 Å².